The second kappa shape index (κ2) is 5.05. The number of hydrogen-bond donors (Lipinski definition) is 1. The largest absolute Gasteiger partial charge is 0.389 e. The highest BCUT2D eigenvalue weighted by Crippen LogP contribution is 2.66. The van der Waals surface area contributed by atoms with Crippen molar-refractivity contribution < 1.29 is 9.90 Å². The zero-order valence-corrected chi connectivity index (χ0v) is 14.8. The lowest BCUT2D eigenvalue weighted by molar-refractivity contribution is -0.117. The molecular weight excluding hydrogens is 284 g/mol. The molecule has 6 atom stereocenters. The van der Waals surface area contributed by atoms with Crippen molar-refractivity contribution in [3.8, 4) is 0 Å². The first-order chi connectivity index (χ1) is 10.9. The number of allylic oxidation sites excluding steroid dienone is 2. The SMILES string of the molecule is C/C=C1\[C@@H](O)C[C@@H]2[C@@H]3CCC4=CC(=O)CC[C@]4(C)[C@@H]3CC[C@]12C. The molecule has 0 unspecified atom stereocenters. The molecular formula is C21H30O2. The summed E-state index contributed by atoms with van der Waals surface area (Å²) < 4.78 is 0. The van der Waals surface area contributed by atoms with Crippen molar-refractivity contribution in [2.45, 2.75) is 71.8 Å². The van der Waals surface area contributed by atoms with Crippen LogP contribution in [0.3, 0.4) is 0 Å². The molecule has 0 aliphatic heterocycles. The monoisotopic (exact) mass is 314 g/mol. The van der Waals surface area contributed by atoms with E-state index in [1.807, 2.05) is 6.08 Å². The van der Waals surface area contributed by atoms with E-state index in [-0.39, 0.29) is 16.9 Å². The lowest BCUT2D eigenvalue weighted by Crippen LogP contribution is -2.49. The van der Waals surface area contributed by atoms with Crippen molar-refractivity contribution in [1.82, 2.24) is 0 Å². The van der Waals surface area contributed by atoms with Gasteiger partial charge >= 0.3 is 0 Å². The van der Waals surface area contributed by atoms with Crippen molar-refractivity contribution in [2.24, 2.45) is 28.6 Å². The van der Waals surface area contributed by atoms with Crippen molar-refractivity contribution in [1.29, 1.82) is 0 Å². The standard InChI is InChI=1S/C21H30O2/c1-4-16-19(23)12-18-15-6-5-13-11-14(22)7-9-20(13,2)17(15)8-10-21(16,18)3/h4,11,15,17-19,23H,5-10,12H2,1-3H3/b16-4+/t15-,17-,18-,19+,20+,21-/m1/s1. The van der Waals surface area contributed by atoms with Crippen LogP contribution in [-0.2, 0) is 4.79 Å². The molecule has 1 N–H and O–H groups in total. The van der Waals surface area contributed by atoms with Crippen LogP contribution in [0.1, 0.15) is 65.7 Å². The number of fused-ring (bicyclic) bond motifs is 5. The number of rotatable bonds is 0. The Bertz CT molecular complexity index is 601. The highest BCUT2D eigenvalue weighted by atomic mass is 16.3. The predicted molar refractivity (Wildman–Crippen MR) is 91.9 cm³/mol. The Balaban J connectivity index is 1.71. The maximum absolute atomic E-state index is 11.9. The zero-order chi connectivity index (χ0) is 16.4. The Morgan fingerprint density at radius 3 is 2.65 bits per heavy atom. The van der Waals surface area contributed by atoms with Crippen LogP contribution >= 0.6 is 0 Å². The highest BCUT2D eigenvalue weighted by Gasteiger charge is 2.59. The molecule has 0 aromatic carbocycles. The summed E-state index contributed by atoms with van der Waals surface area (Å²) in [7, 11) is 0. The van der Waals surface area contributed by atoms with Gasteiger partial charge < -0.3 is 5.11 Å². The Labute approximate surface area is 140 Å². The van der Waals surface area contributed by atoms with E-state index in [9.17, 15) is 9.90 Å². The molecule has 0 saturated heterocycles. The van der Waals surface area contributed by atoms with Gasteiger partial charge in [0.1, 0.15) is 0 Å². The summed E-state index contributed by atoms with van der Waals surface area (Å²) in [5.41, 5.74) is 3.17. The van der Waals surface area contributed by atoms with Crippen LogP contribution in [0, 0.1) is 28.6 Å². The van der Waals surface area contributed by atoms with Gasteiger partial charge in [0.05, 0.1) is 6.10 Å². The van der Waals surface area contributed by atoms with Crippen molar-refractivity contribution in [2.75, 3.05) is 0 Å². The molecule has 4 rings (SSSR count). The number of ketones is 1. The Kier molecular flexibility index (Phi) is 3.43. The minimum Gasteiger partial charge on any atom is -0.389 e. The summed E-state index contributed by atoms with van der Waals surface area (Å²) in [5, 5.41) is 10.6. The molecule has 2 heteroatoms. The van der Waals surface area contributed by atoms with Crippen LogP contribution in [0.15, 0.2) is 23.3 Å². The minimum atomic E-state index is -0.230. The molecule has 23 heavy (non-hydrogen) atoms. The summed E-state index contributed by atoms with van der Waals surface area (Å²) in [6, 6.07) is 0. The van der Waals surface area contributed by atoms with Gasteiger partial charge in [-0.05, 0) is 85.7 Å². The predicted octanol–water partition coefficient (Wildman–Crippen LogP) is 4.44. The molecule has 2 nitrogen and oxygen atoms in total. The number of carbonyl (C=O) groups excluding carboxylic acids is 1. The third-order valence-electron chi connectivity index (χ3n) is 8.16. The highest BCUT2D eigenvalue weighted by molar-refractivity contribution is 5.91. The lowest BCUT2D eigenvalue weighted by Gasteiger charge is -2.57. The fourth-order valence-corrected chi connectivity index (χ4v) is 6.94. The summed E-state index contributed by atoms with van der Waals surface area (Å²) in [5.74, 6) is 2.39. The molecule has 0 aromatic rings. The first kappa shape index (κ1) is 15.6. The Hall–Kier alpha value is -0.890. The zero-order valence-electron chi connectivity index (χ0n) is 14.8. The van der Waals surface area contributed by atoms with E-state index >= 15 is 0 Å². The van der Waals surface area contributed by atoms with Crippen LogP contribution in [0.2, 0.25) is 0 Å². The summed E-state index contributed by atoms with van der Waals surface area (Å²) in [6.07, 6.45) is 11.4. The van der Waals surface area contributed by atoms with E-state index < -0.39 is 0 Å². The second-order valence-corrected chi connectivity index (χ2v) is 8.92. The van der Waals surface area contributed by atoms with Crippen molar-refractivity contribution in [3.63, 3.8) is 0 Å². The number of aliphatic hydroxyl groups is 1. The first-order valence-electron chi connectivity index (χ1n) is 9.49. The van der Waals surface area contributed by atoms with Gasteiger partial charge in [0, 0.05) is 6.42 Å². The summed E-state index contributed by atoms with van der Waals surface area (Å²) in [4.78, 5) is 11.9. The average Bonchev–Trinajstić information content (AvgIpc) is 2.77. The third kappa shape index (κ3) is 2.00. The van der Waals surface area contributed by atoms with Crippen LogP contribution in [-0.4, -0.2) is 17.0 Å². The maximum atomic E-state index is 11.9. The summed E-state index contributed by atoms with van der Waals surface area (Å²) in [6.45, 7) is 6.91. The van der Waals surface area contributed by atoms with Crippen molar-refractivity contribution in [3.05, 3.63) is 23.3 Å². The molecule has 0 bridgehead atoms. The normalized spacial score (nSPS) is 51.0. The molecule has 4 aliphatic carbocycles. The smallest absolute Gasteiger partial charge is 0.155 e. The topological polar surface area (TPSA) is 37.3 Å². The van der Waals surface area contributed by atoms with Gasteiger partial charge in [0.15, 0.2) is 5.78 Å². The molecule has 126 valence electrons. The fourth-order valence-electron chi connectivity index (χ4n) is 6.94. The van der Waals surface area contributed by atoms with Crippen LogP contribution < -0.4 is 0 Å². The maximum Gasteiger partial charge on any atom is 0.155 e. The van der Waals surface area contributed by atoms with Gasteiger partial charge in [-0.15, -0.1) is 0 Å². The molecule has 3 fully saturated rings. The van der Waals surface area contributed by atoms with E-state index in [0.717, 1.165) is 31.6 Å². The molecule has 0 heterocycles. The first-order valence-corrected chi connectivity index (χ1v) is 9.49. The van der Waals surface area contributed by atoms with E-state index in [1.54, 1.807) is 0 Å². The summed E-state index contributed by atoms with van der Waals surface area (Å²) >= 11 is 0. The van der Waals surface area contributed by atoms with Gasteiger partial charge in [0.25, 0.3) is 0 Å². The van der Waals surface area contributed by atoms with Crippen LogP contribution in [0.5, 0.6) is 0 Å². The third-order valence-corrected chi connectivity index (χ3v) is 8.16. The van der Waals surface area contributed by atoms with Gasteiger partial charge in [-0.2, -0.15) is 0 Å². The molecule has 3 saturated carbocycles. The van der Waals surface area contributed by atoms with Gasteiger partial charge in [-0.3, -0.25) is 4.79 Å². The molecule has 0 aromatic heterocycles. The Morgan fingerprint density at radius 1 is 1.13 bits per heavy atom. The van der Waals surface area contributed by atoms with E-state index in [2.05, 4.69) is 26.8 Å². The van der Waals surface area contributed by atoms with E-state index in [4.69, 9.17) is 0 Å². The van der Waals surface area contributed by atoms with Gasteiger partial charge in [-0.1, -0.05) is 25.5 Å². The van der Waals surface area contributed by atoms with Crippen LogP contribution in [0.25, 0.3) is 0 Å². The van der Waals surface area contributed by atoms with E-state index in [1.165, 1.54) is 30.4 Å². The lowest BCUT2D eigenvalue weighted by atomic mass is 9.47. The number of hydrogen-bond acceptors (Lipinski definition) is 2. The molecule has 4 aliphatic rings. The van der Waals surface area contributed by atoms with Crippen LogP contribution in [0.4, 0.5) is 0 Å². The van der Waals surface area contributed by atoms with E-state index in [0.29, 0.717) is 17.6 Å². The molecule has 0 radical (unpaired) electrons. The number of aliphatic hydroxyl groups excluding tert-OH is 1. The molecule has 0 spiro atoms. The second-order valence-electron chi connectivity index (χ2n) is 8.92. The van der Waals surface area contributed by atoms with Gasteiger partial charge in [0.2, 0.25) is 0 Å². The molecule has 0 amide bonds. The fraction of sp³-hybridized carbons (Fsp3) is 0.762. The van der Waals surface area contributed by atoms with Gasteiger partial charge in [-0.25, -0.2) is 0 Å². The number of carbonyl (C=O) groups is 1. The van der Waals surface area contributed by atoms with Crippen molar-refractivity contribution >= 4 is 5.78 Å². The quantitative estimate of drug-likeness (QED) is 0.671. The average molecular weight is 314 g/mol. The Morgan fingerprint density at radius 2 is 1.91 bits per heavy atom. The minimum absolute atomic E-state index is 0.206.